The minimum Gasteiger partial charge on any atom is -0.333 e. The van der Waals surface area contributed by atoms with Crippen LogP contribution in [0.4, 0.5) is 0 Å². The Bertz CT molecular complexity index is 1120. The lowest BCUT2D eigenvalue weighted by Gasteiger charge is -2.21. The molecule has 2 heterocycles. The minimum absolute atomic E-state index is 0.844. The molecule has 0 aliphatic carbocycles. The Labute approximate surface area is 160 Å². The van der Waals surface area contributed by atoms with Crippen molar-refractivity contribution in [3.05, 3.63) is 54.1 Å². The summed E-state index contributed by atoms with van der Waals surface area (Å²) in [5, 5.41) is 10.2. The molecule has 0 saturated carbocycles. The summed E-state index contributed by atoms with van der Waals surface area (Å²) in [6.07, 6.45) is 3.65. The van der Waals surface area contributed by atoms with E-state index in [1.807, 2.05) is 36.4 Å². The van der Waals surface area contributed by atoms with E-state index in [-0.39, 0.29) is 0 Å². The molecule has 0 radical (unpaired) electrons. The van der Waals surface area contributed by atoms with Crippen molar-refractivity contribution in [1.29, 1.82) is 0 Å². The van der Waals surface area contributed by atoms with Crippen LogP contribution in [-0.2, 0) is 7.05 Å². The number of nitrogens with zero attached hydrogens (tertiary/aromatic N) is 5. The van der Waals surface area contributed by atoms with E-state index in [1.54, 1.807) is 0 Å². The zero-order valence-corrected chi connectivity index (χ0v) is 17.8. The summed E-state index contributed by atoms with van der Waals surface area (Å²) in [6.45, 7) is 11.5. The molecule has 0 atom stereocenters. The molecular formula is C21H25N5Si. The summed E-state index contributed by atoms with van der Waals surface area (Å²) in [7, 11) is 0.645. The average molecular weight is 376 g/mol. The molecule has 138 valence electrons. The van der Waals surface area contributed by atoms with Crippen molar-refractivity contribution >= 4 is 24.3 Å². The fourth-order valence-electron chi connectivity index (χ4n) is 3.74. The van der Waals surface area contributed by atoms with Crippen molar-refractivity contribution in [1.82, 2.24) is 24.3 Å². The second-order valence-corrected chi connectivity index (χ2v) is 13.3. The molecule has 0 aliphatic rings. The Hall–Kier alpha value is -2.73. The number of imidazole rings is 1. The smallest absolute Gasteiger partial charge is 0.170 e. The van der Waals surface area contributed by atoms with Gasteiger partial charge in [0.05, 0.1) is 31.1 Å². The zero-order chi connectivity index (χ0) is 19.3. The van der Waals surface area contributed by atoms with Crippen LogP contribution in [0.3, 0.4) is 0 Å². The van der Waals surface area contributed by atoms with Gasteiger partial charge in [-0.05, 0) is 37.1 Å². The first-order valence-electron chi connectivity index (χ1n) is 9.20. The van der Waals surface area contributed by atoms with Gasteiger partial charge in [0.15, 0.2) is 5.82 Å². The van der Waals surface area contributed by atoms with Gasteiger partial charge in [-0.3, -0.25) is 4.57 Å². The van der Waals surface area contributed by atoms with Crippen LogP contribution in [0.5, 0.6) is 0 Å². The first kappa shape index (κ1) is 17.7. The van der Waals surface area contributed by atoms with Gasteiger partial charge in [0, 0.05) is 12.6 Å². The molecule has 0 bridgehead atoms. The highest BCUT2D eigenvalue weighted by molar-refractivity contribution is 6.88. The van der Waals surface area contributed by atoms with E-state index in [0.29, 0.717) is 0 Å². The predicted octanol–water partition coefficient (Wildman–Crippen LogP) is 3.98. The summed E-state index contributed by atoms with van der Waals surface area (Å²) in [5.41, 5.74) is 6.75. The van der Waals surface area contributed by atoms with Gasteiger partial charge in [-0.25, -0.2) is 4.98 Å². The molecule has 4 aromatic rings. The first-order chi connectivity index (χ1) is 12.8. The quantitative estimate of drug-likeness (QED) is 0.509. The first-order valence-corrected chi connectivity index (χ1v) is 12.7. The summed E-state index contributed by atoms with van der Waals surface area (Å²) in [4.78, 5) is 4.48. The predicted molar refractivity (Wildman–Crippen MR) is 114 cm³/mol. The van der Waals surface area contributed by atoms with Crippen molar-refractivity contribution in [2.24, 2.45) is 7.05 Å². The Balaban J connectivity index is 1.95. The topological polar surface area (TPSA) is 48.5 Å². The van der Waals surface area contributed by atoms with E-state index in [4.69, 9.17) is 0 Å². The van der Waals surface area contributed by atoms with E-state index in [2.05, 4.69) is 71.4 Å². The van der Waals surface area contributed by atoms with Crippen molar-refractivity contribution < 1.29 is 0 Å². The summed E-state index contributed by atoms with van der Waals surface area (Å²) < 4.78 is 4.15. The molecule has 0 N–H and O–H groups in total. The van der Waals surface area contributed by atoms with Crippen molar-refractivity contribution in [3.8, 4) is 17.1 Å². The number of aryl methyl sites for hydroxylation is 3. The van der Waals surface area contributed by atoms with Gasteiger partial charge < -0.3 is 4.57 Å². The number of fused-ring (bicyclic) bond motifs is 1. The minimum atomic E-state index is -1.37. The van der Waals surface area contributed by atoms with Crippen LogP contribution >= 0.6 is 0 Å². The molecule has 0 saturated heterocycles. The van der Waals surface area contributed by atoms with Crippen molar-refractivity contribution in [2.75, 3.05) is 0 Å². The van der Waals surface area contributed by atoms with E-state index in [9.17, 15) is 0 Å². The molecule has 2 aromatic carbocycles. The molecule has 27 heavy (non-hydrogen) atoms. The van der Waals surface area contributed by atoms with Gasteiger partial charge in [0.25, 0.3) is 0 Å². The Kier molecular flexibility index (Phi) is 4.03. The SMILES string of the molecule is Cc1cc([Si](C)(C)C)cc(C)c1-n1cnnc1-c1cccc2ncn(C)c12. The van der Waals surface area contributed by atoms with Crippen LogP contribution < -0.4 is 5.19 Å². The van der Waals surface area contributed by atoms with E-state index in [0.717, 1.165) is 28.1 Å². The van der Waals surface area contributed by atoms with Crippen LogP contribution in [0.15, 0.2) is 43.0 Å². The lowest BCUT2D eigenvalue weighted by Crippen LogP contribution is -2.38. The highest BCUT2D eigenvalue weighted by atomic mass is 28.3. The molecule has 4 rings (SSSR count). The normalized spacial score (nSPS) is 12.1. The summed E-state index contributed by atoms with van der Waals surface area (Å²) >= 11 is 0. The second-order valence-electron chi connectivity index (χ2n) is 8.26. The van der Waals surface area contributed by atoms with Gasteiger partial charge in [0.1, 0.15) is 6.33 Å². The van der Waals surface area contributed by atoms with E-state index < -0.39 is 8.07 Å². The van der Waals surface area contributed by atoms with Crippen LogP contribution in [0.2, 0.25) is 19.6 Å². The Morgan fingerprint density at radius 1 is 0.963 bits per heavy atom. The Morgan fingerprint density at radius 2 is 1.67 bits per heavy atom. The number of rotatable bonds is 3. The van der Waals surface area contributed by atoms with Gasteiger partial charge in [-0.15, -0.1) is 10.2 Å². The molecule has 0 fully saturated rings. The third kappa shape index (κ3) is 2.90. The van der Waals surface area contributed by atoms with Gasteiger partial charge in [-0.1, -0.05) is 43.0 Å². The zero-order valence-electron chi connectivity index (χ0n) is 16.8. The summed E-state index contributed by atoms with van der Waals surface area (Å²) in [5.74, 6) is 0.844. The van der Waals surface area contributed by atoms with Crippen molar-refractivity contribution in [3.63, 3.8) is 0 Å². The van der Waals surface area contributed by atoms with E-state index >= 15 is 0 Å². The van der Waals surface area contributed by atoms with Crippen LogP contribution in [0.25, 0.3) is 28.1 Å². The van der Waals surface area contributed by atoms with Crippen LogP contribution in [0, 0.1) is 13.8 Å². The van der Waals surface area contributed by atoms with Gasteiger partial charge in [-0.2, -0.15) is 0 Å². The molecule has 2 aromatic heterocycles. The van der Waals surface area contributed by atoms with Crippen LogP contribution in [0.1, 0.15) is 11.1 Å². The maximum Gasteiger partial charge on any atom is 0.170 e. The third-order valence-corrected chi connectivity index (χ3v) is 7.14. The lowest BCUT2D eigenvalue weighted by molar-refractivity contribution is 0.945. The Morgan fingerprint density at radius 3 is 2.33 bits per heavy atom. The number of benzene rings is 2. The standard InChI is InChI=1S/C21H25N5Si/c1-14-10-16(27(4,5)6)11-15(2)19(14)26-13-23-24-21(26)17-8-7-9-18-20(17)25(3)12-22-18/h7-13H,1-6H3. The fraction of sp³-hybridized carbons (Fsp3) is 0.286. The van der Waals surface area contributed by atoms with Gasteiger partial charge >= 0.3 is 0 Å². The molecule has 6 heteroatoms. The number of hydrogen-bond acceptors (Lipinski definition) is 3. The van der Waals surface area contributed by atoms with Crippen molar-refractivity contribution in [2.45, 2.75) is 33.5 Å². The average Bonchev–Trinajstić information content (AvgIpc) is 3.21. The molecule has 0 spiro atoms. The third-order valence-electron chi connectivity index (χ3n) is 5.12. The highest BCUT2D eigenvalue weighted by Gasteiger charge is 2.21. The monoisotopic (exact) mass is 375 g/mol. The molecular weight excluding hydrogens is 350 g/mol. The largest absolute Gasteiger partial charge is 0.333 e. The number of para-hydroxylation sites is 1. The molecule has 0 aliphatic heterocycles. The van der Waals surface area contributed by atoms with Crippen LogP contribution in [-0.4, -0.2) is 32.4 Å². The highest BCUT2D eigenvalue weighted by Crippen LogP contribution is 2.30. The lowest BCUT2D eigenvalue weighted by atomic mass is 10.1. The molecule has 0 amide bonds. The van der Waals surface area contributed by atoms with Gasteiger partial charge in [0.2, 0.25) is 0 Å². The summed E-state index contributed by atoms with van der Waals surface area (Å²) in [6, 6.07) is 10.8. The maximum absolute atomic E-state index is 4.48. The maximum atomic E-state index is 4.48. The second kappa shape index (κ2) is 6.16. The number of aromatic nitrogens is 5. The van der Waals surface area contributed by atoms with E-state index in [1.165, 1.54) is 16.3 Å². The number of hydrogen-bond donors (Lipinski definition) is 0. The fourth-order valence-corrected chi connectivity index (χ4v) is 5.04. The molecule has 0 unspecified atom stereocenters. The molecule has 5 nitrogen and oxygen atoms in total.